The van der Waals surface area contributed by atoms with Gasteiger partial charge in [-0.1, -0.05) is 19.1 Å². The summed E-state index contributed by atoms with van der Waals surface area (Å²) in [5.74, 6) is 1.50. The molecular formula is C15H19NO4. The number of benzene rings is 1. The van der Waals surface area contributed by atoms with Crippen molar-refractivity contribution in [3.05, 3.63) is 24.3 Å². The number of hydrogen-bond donors (Lipinski definition) is 1. The Bertz CT molecular complexity index is 504. The van der Waals surface area contributed by atoms with E-state index in [-0.39, 0.29) is 25.2 Å². The van der Waals surface area contributed by atoms with E-state index in [4.69, 9.17) is 9.47 Å². The second-order valence-electron chi connectivity index (χ2n) is 5.41. The van der Waals surface area contributed by atoms with Gasteiger partial charge in [-0.2, -0.15) is 0 Å². The highest BCUT2D eigenvalue weighted by Gasteiger charge is 2.39. The lowest BCUT2D eigenvalue weighted by Crippen LogP contribution is -2.49. The Hall–Kier alpha value is -1.75. The highest BCUT2D eigenvalue weighted by molar-refractivity contribution is 5.82. The number of aliphatic hydroxyl groups excluding tert-OH is 1. The number of aliphatic hydroxyl groups is 1. The first-order valence-electron chi connectivity index (χ1n) is 7.00. The van der Waals surface area contributed by atoms with Gasteiger partial charge in [-0.05, 0) is 24.5 Å². The molecule has 2 aliphatic rings. The van der Waals surface area contributed by atoms with E-state index in [0.29, 0.717) is 24.0 Å². The van der Waals surface area contributed by atoms with Crippen molar-refractivity contribution in [3.8, 4) is 11.5 Å². The molecule has 3 atom stereocenters. The average Bonchev–Trinajstić information content (AvgIpc) is 2.86. The molecule has 0 spiro atoms. The summed E-state index contributed by atoms with van der Waals surface area (Å²) in [4.78, 5) is 14.3. The van der Waals surface area contributed by atoms with Gasteiger partial charge in [0.2, 0.25) is 6.10 Å². The fourth-order valence-corrected chi connectivity index (χ4v) is 2.89. The molecule has 5 heteroatoms. The zero-order valence-corrected chi connectivity index (χ0v) is 11.5. The Labute approximate surface area is 118 Å². The summed E-state index contributed by atoms with van der Waals surface area (Å²) in [7, 11) is 0. The van der Waals surface area contributed by atoms with Gasteiger partial charge in [0.25, 0.3) is 5.91 Å². The van der Waals surface area contributed by atoms with E-state index < -0.39 is 6.10 Å². The normalized spacial score (nSPS) is 28.5. The van der Waals surface area contributed by atoms with Crippen LogP contribution in [0.3, 0.4) is 0 Å². The lowest BCUT2D eigenvalue weighted by Gasteiger charge is -2.31. The van der Waals surface area contributed by atoms with Gasteiger partial charge >= 0.3 is 0 Å². The summed E-state index contributed by atoms with van der Waals surface area (Å²) in [5.41, 5.74) is 0. The molecule has 0 aromatic heterocycles. The minimum Gasteiger partial charge on any atom is -0.485 e. The number of nitrogens with zero attached hydrogens (tertiary/aromatic N) is 1. The largest absolute Gasteiger partial charge is 0.485 e. The summed E-state index contributed by atoms with van der Waals surface area (Å²) in [5, 5.41) is 9.45. The maximum atomic E-state index is 12.5. The Morgan fingerprint density at radius 2 is 2.15 bits per heavy atom. The number of likely N-dealkylation sites (tertiary alicyclic amines) is 1. The van der Waals surface area contributed by atoms with Crippen molar-refractivity contribution in [2.45, 2.75) is 25.5 Å². The van der Waals surface area contributed by atoms with Crippen LogP contribution in [-0.2, 0) is 4.79 Å². The molecule has 3 unspecified atom stereocenters. The molecule has 108 valence electrons. The van der Waals surface area contributed by atoms with Crippen LogP contribution in [0.1, 0.15) is 13.3 Å². The summed E-state index contributed by atoms with van der Waals surface area (Å²) in [6.07, 6.45) is 0.297. The number of carbonyl (C=O) groups excluding carboxylic acids is 1. The zero-order chi connectivity index (χ0) is 14.1. The van der Waals surface area contributed by atoms with E-state index in [1.54, 1.807) is 11.0 Å². The van der Waals surface area contributed by atoms with Crippen molar-refractivity contribution in [1.29, 1.82) is 0 Å². The summed E-state index contributed by atoms with van der Waals surface area (Å²) in [6.45, 7) is 2.95. The Balaban J connectivity index is 1.73. The second-order valence-corrected chi connectivity index (χ2v) is 5.41. The predicted molar refractivity (Wildman–Crippen MR) is 72.7 cm³/mol. The quantitative estimate of drug-likeness (QED) is 0.878. The summed E-state index contributed by atoms with van der Waals surface area (Å²) >= 11 is 0. The maximum Gasteiger partial charge on any atom is 0.267 e. The highest BCUT2D eigenvalue weighted by Crippen LogP contribution is 2.32. The van der Waals surface area contributed by atoms with Gasteiger partial charge in [-0.3, -0.25) is 4.79 Å². The van der Waals surface area contributed by atoms with Crippen molar-refractivity contribution in [2.75, 3.05) is 19.8 Å². The Kier molecular flexibility index (Phi) is 3.53. The SMILES string of the molecule is CC1CCN(C(=O)C2COc3ccccc3O2)C1CO. The van der Waals surface area contributed by atoms with Crippen LogP contribution in [0, 0.1) is 5.92 Å². The van der Waals surface area contributed by atoms with Gasteiger partial charge in [-0.15, -0.1) is 0 Å². The number of ether oxygens (including phenoxy) is 2. The van der Waals surface area contributed by atoms with Crippen molar-refractivity contribution < 1.29 is 19.4 Å². The molecule has 0 aliphatic carbocycles. The molecule has 1 N–H and O–H groups in total. The number of rotatable bonds is 2. The van der Waals surface area contributed by atoms with Crippen molar-refractivity contribution >= 4 is 5.91 Å². The van der Waals surface area contributed by atoms with Crippen LogP contribution in [-0.4, -0.2) is 47.8 Å². The molecule has 20 heavy (non-hydrogen) atoms. The first-order chi connectivity index (χ1) is 9.70. The maximum absolute atomic E-state index is 12.5. The van der Waals surface area contributed by atoms with Gasteiger partial charge in [-0.25, -0.2) is 0 Å². The minimum absolute atomic E-state index is 0.00291. The molecule has 1 fully saturated rings. The summed E-state index contributed by atoms with van der Waals surface area (Å²) < 4.78 is 11.3. The lowest BCUT2D eigenvalue weighted by molar-refractivity contribution is -0.143. The standard InChI is InChI=1S/C15H19NO4/c1-10-6-7-16(11(10)8-17)15(18)14-9-19-12-4-2-3-5-13(12)20-14/h2-5,10-11,14,17H,6-9H2,1H3. The topological polar surface area (TPSA) is 59.0 Å². The number of para-hydroxylation sites is 2. The van der Waals surface area contributed by atoms with Crippen LogP contribution in [0.4, 0.5) is 0 Å². The molecule has 5 nitrogen and oxygen atoms in total. The van der Waals surface area contributed by atoms with Crippen LogP contribution in [0.5, 0.6) is 11.5 Å². The van der Waals surface area contributed by atoms with Crippen LogP contribution < -0.4 is 9.47 Å². The lowest BCUT2D eigenvalue weighted by atomic mass is 10.0. The van der Waals surface area contributed by atoms with Crippen LogP contribution in [0.25, 0.3) is 0 Å². The molecule has 0 saturated carbocycles. The van der Waals surface area contributed by atoms with Crippen LogP contribution in [0.2, 0.25) is 0 Å². The van der Waals surface area contributed by atoms with Gasteiger partial charge in [0.1, 0.15) is 6.61 Å². The smallest absolute Gasteiger partial charge is 0.267 e. The van der Waals surface area contributed by atoms with Crippen LogP contribution in [0.15, 0.2) is 24.3 Å². The first-order valence-corrected chi connectivity index (χ1v) is 7.00. The highest BCUT2D eigenvalue weighted by atomic mass is 16.6. The third-order valence-electron chi connectivity index (χ3n) is 4.14. The van der Waals surface area contributed by atoms with Gasteiger partial charge in [0.05, 0.1) is 12.6 Å². The Morgan fingerprint density at radius 3 is 2.90 bits per heavy atom. The fourth-order valence-electron chi connectivity index (χ4n) is 2.89. The van der Waals surface area contributed by atoms with Gasteiger partial charge in [0.15, 0.2) is 11.5 Å². The van der Waals surface area contributed by atoms with Crippen LogP contribution >= 0.6 is 0 Å². The molecule has 0 bridgehead atoms. The molecular weight excluding hydrogens is 258 g/mol. The minimum atomic E-state index is -0.621. The van der Waals surface area contributed by atoms with Gasteiger partial charge < -0.3 is 19.5 Å². The van der Waals surface area contributed by atoms with Crippen molar-refractivity contribution in [1.82, 2.24) is 4.90 Å². The molecule has 1 aromatic carbocycles. The molecule has 1 saturated heterocycles. The fraction of sp³-hybridized carbons (Fsp3) is 0.533. The second kappa shape index (κ2) is 5.32. The Morgan fingerprint density at radius 1 is 1.40 bits per heavy atom. The molecule has 0 radical (unpaired) electrons. The van der Waals surface area contributed by atoms with Crippen molar-refractivity contribution in [3.63, 3.8) is 0 Å². The third-order valence-corrected chi connectivity index (χ3v) is 4.14. The van der Waals surface area contributed by atoms with Crippen molar-refractivity contribution in [2.24, 2.45) is 5.92 Å². The van der Waals surface area contributed by atoms with Gasteiger partial charge in [0, 0.05) is 6.54 Å². The molecule has 2 aliphatic heterocycles. The predicted octanol–water partition coefficient (Wildman–Crippen LogP) is 1.06. The first kappa shape index (κ1) is 13.2. The van der Waals surface area contributed by atoms with E-state index in [0.717, 1.165) is 6.42 Å². The van der Waals surface area contributed by atoms with E-state index in [9.17, 15) is 9.90 Å². The zero-order valence-electron chi connectivity index (χ0n) is 11.5. The molecule has 1 amide bonds. The third kappa shape index (κ3) is 2.22. The van der Waals surface area contributed by atoms with E-state index >= 15 is 0 Å². The van der Waals surface area contributed by atoms with E-state index in [1.807, 2.05) is 18.2 Å². The number of hydrogen-bond acceptors (Lipinski definition) is 4. The average molecular weight is 277 g/mol. The van der Waals surface area contributed by atoms with E-state index in [1.165, 1.54) is 0 Å². The molecule has 3 rings (SSSR count). The molecule has 2 heterocycles. The number of fused-ring (bicyclic) bond motifs is 1. The van der Waals surface area contributed by atoms with E-state index in [2.05, 4.69) is 6.92 Å². The monoisotopic (exact) mass is 277 g/mol. The molecule has 1 aromatic rings. The number of amides is 1. The number of carbonyl (C=O) groups is 1. The summed E-state index contributed by atoms with van der Waals surface area (Å²) in [6, 6.07) is 7.23.